The quantitative estimate of drug-likeness (QED) is 0.799. The van der Waals surface area contributed by atoms with Gasteiger partial charge in [0.15, 0.2) is 0 Å². The lowest BCUT2D eigenvalue weighted by molar-refractivity contribution is -0.122. The monoisotopic (exact) mass is 293 g/mol. The highest BCUT2D eigenvalue weighted by Gasteiger charge is 2.33. The van der Waals surface area contributed by atoms with Crippen LogP contribution < -0.4 is 11.1 Å². The van der Waals surface area contributed by atoms with Gasteiger partial charge in [-0.05, 0) is 49.9 Å². The van der Waals surface area contributed by atoms with E-state index >= 15 is 0 Å². The molecule has 5 heteroatoms. The molecule has 116 valence electrons. The number of halogens is 1. The van der Waals surface area contributed by atoms with Crippen molar-refractivity contribution in [1.29, 1.82) is 0 Å². The predicted molar refractivity (Wildman–Crippen MR) is 81.2 cm³/mol. The van der Waals surface area contributed by atoms with Gasteiger partial charge in [-0.25, -0.2) is 4.39 Å². The van der Waals surface area contributed by atoms with Gasteiger partial charge in [0.1, 0.15) is 5.82 Å². The van der Waals surface area contributed by atoms with Gasteiger partial charge >= 0.3 is 0 Å². The number of aryl methyl sites for hydroxylation is 1. The summed E-state index contributed by atoms with van der Waals surface area (Å²) >= 11 is 0. The van der Waals surface area contributed by atoms with Crippen LogP contribution in [0.4, 0.5) is 4.39 Å². The summed E-state index contributed by atoms with van der Waals surface area (Å²) in [5.41, 5.74) is 7.15. The van der Waals surface area contributed by atoms with Gasteiger partial charge in [0.05, 0.1) is 6.54 Å². The van der Waals surface area contributed by atoms with Crippen LogP contribution in [-0.4, -0.2) is 37.0 Å². The third kappa shape index (κ3) is 4.51. The molecule has 1 fully saturated rings. The fourth-order valence-electron chi connectivity index (χ4n) is 2.56. The number of carbonyl (C=O) groups excluding carboxylic acids is 1. The number of rotatable bonds is 7. The Balaban J connectivity index is 1.79. The number of hydrogen-bond acceptors (Lipinski definition) is 3. The molecule has 2 rings (SSSR count). The van der Waals surface area contributed by atoms with Crippen molar-refractivity contribution in [2.45, 2.75) is 32.4 Å². The van der Waals surface area contributed by atoms with Gasteiger partial charge in [-0.3, -0.25) is 9.69 Å². The molecule has 1 atom stereocenters. The minimum atomic E-state index is -0.240. The van der Waals surface area contributed by atoms with Gasteiger partial charge in [-0.1, -0.05) is 12.1 Å². The zero-order valence-corrected chi connectivity index (χ0v) is 12.7. The molecule has 1 amide bonds. The van der Waals surface area contributed by atoms with E-state index in [0.29, 0.717) is 31.1 Å². The lowest BCUT2D eigenvalue weighted by atomic mass is 10.1. The van der Waals surface area contributed by atoms with E-state index in [9.17, 15) is 9.18 Å². The molecule has 0 spiro atoms. The second-order valence-electron chi connectivity index (χ2n) is 5.92. The molecule has 0 saturated heterocycles. The van der Waals surface area contributed by atoms with Gasteiger partial charge in [0, 0.05) is 19.1 Å². The molecule has 0 heterocycles. The zero-order chi connectivity index (χ0) is 15.4. The number of hydrogen-bond donors (Lipinski definition) is 2. The highest BCUT2D eigenvalue weighted by molar-refractivity contribution is 5.78. The van der Waals surface area contributed by atoms with Crippen molar-refractivity contribution >= 4 is 5.91 Å². The number of nitrogens with zero attached hydrogens (tertiary/aromatic N) is 1. The van der Waals surface area contributed by atoms with Crippen LogP contribution >= 0.6 is 0 Å². The van der Waals surface area contributed by atoms with E-state index < -0.39 is 0 Å². The van der Waals surface area contributed by atoms with Crippen LogP contribution in [0.5, 0.6) is 0 Å². The standard InChI is InChI=1S/C16H24FN3O/c1-11-3-4-12(7-14(11)17)9-19-16(21)10-20(2)15(8-18)13-5-6-13/h3-4,7,13,15H,5-6,8-10,18H2,1-2H3,(H,19,21). The number of carbonyl (C=O) groups is 1. The Kier molecular flexibility index (Phi) is 5.31. The molecule has 0 aliphatic heterocycles. The number of amides is 1. The summed E-state index contributed by atoms with van der Waals surface area (Å²) in [5.74, 6) is 0.340. The summed E-state index contributed by atoms with van der Waals surface area (Å²) in [7, 11) is 1.93. The van der Waals surface area contributed by atoms with Crippen LogP contribution in [0.3, 0.4) is 0 Å². The fourth-order valence-corrected chi connectivity index (χ4v) is 2.56. The molecule has 1 aromatic carbocycles. The smallest absolute Gasteiger partial charge is 0.234 e. The van der Waals surface area contributed by atoms with Gasteiger partial charge in [0.25, 0.3) is 0 Å². The Morgan fingerprint density at radius 2 is 2.24 bits per heavy atom. The van der Waals surface area contributed by atoms with Crippen molar-refractivity contribution in [3.05, 3.63) is 35.1 Å². The van der Waals surface area contributed by atoms with Gasteiger partial charge in [0.2, 0.25) is 5.91 Å². The Morgan fingerprint density at radius 3 is 2.81 bits per heavy atom. The molecule has 1 aliphatic rings. The molecule has 0 aromatic heterocycles. The normalized spacial score (nSPS) is 16.0. The van der Waals surface area contributed by atoms with Gasteiger partial charge in [-0.15, -0.1) is 0 Å². The first kappa shape index (κ1) is 15.9. The van der Waals surface area contributed by atoms with Crippen LogP contribution in [-0.2, 0) is 11.3 Å². The average Bonchev–Trinajstić information content (AvgIpc) is 3.25. The fraction of sp³-hybridized carbons (Fsp3) is 0.562. The molecule has 0 radical (unpaired) electrons. The zero-order valence-electron chi connectivity index (χ0n) is 12.7. The van der Waals surface area contributed by atoms with Gasteiger partial charge < -0.3 is 11.1 Å². The summed E-state index contributed by atoms with van der Waals surface area (Å²) in [6.07, 6.45) is 2.41. The van der Waals surface area contributed by atoms with Crippen LogP contribution in [0.2, 0.25) is 0 Å². The van der Waals surface area contributed by atoms with Crippen molar-refractivity contribution in [2.75, 3.05) is 20.1 Å². The van der Waals surface area contributed by atoms with E-state index in [1.54, 1.807) is 13.0 Å². The van der Waals surface area contributed by atoms with Crippen LogP contribution in [0.25, 0.3) is 0 Å². The summed E-state index contributed by atoms with van der Waals surface area (Å²) < 4.78 is 13.4. The maximum atomic E-state index is 13.4. The number of nitrogens with two attached hydrogens (primary N) is 1. The number of benzene rings is 1. The van der Waals surface area contributed by atoms with Crippen molar-refractivity contribution < 1.29 is 9.18 Å². The third-order valence-electron chi connectivity index (χ3n) is 4.09. The summed E-state index contributed by atoms with van der Waals surface area (Å²) in [5, 5.41) is 2.83. The summed E-state index contributed by atoms with van der Waals surface area (Å²) in [6.45, 7) is 2.97. The second-order valence-corrected chi connectivity index (χ2v) is 5.92. The van der Waals surface area contributed by atoms with E-state index in [0.717, 1.165) is 5.56 Å². The van der Waals surface area contributed by atoms with E-state index in [-0.39, 0.29) is 17.8 Å². The highest BCUT2D eigenvalue weighted by Crippen LogP contribution is 2.34. The molecule has 1 saturated carbocycles. The molecule has 4 nitrogen and oxygen atoms in total. The van der Waals surface area contributed by atoms with Crippen molar-refractivity contribution in [3.8, 4) is 0 Å². The van der Waals surface area contributed by atoms with E-state index in [2.05, 4.69) is 5.32 Å². The van der Waals surface area contributed by atoms with E-state index in [1.165, 1.54) is 18.9 Å². The molecule has 1 aliphatic carbocycles. The lowest BCUT2D eigenvalue weighted by Gasteiger charge is -2.26. The molecular weight excluding hydrogens is 269 g/mol. The average molecular weight is 293 g/mol. The first-order valence-corrected chi connectivity index (χ1v) is 7.43. The van der Waals surface area contributed by atoms with Crippen LogP contribution in [0.15, 0.2) is 18.2 Å². The Morgan fingerprint density at radius 1 is 1.52 bits per heavy atom. The van der Waals surface area contributed by atoms with Gasteiger partial charge in [-0.2, -0.15) is 0 Å². The minimum Gasteiger partial charge on any atom is -0.351 e. The largest absolute Gasteiger partial charge is 0.351 e. The highest BCUT2D eigenvalue weighted by atomic mass is 19.1. The Bertz CT molecular complexity index is 502. The van der Waals surface area contributed by atoms with Crippen molar-refractivity contribution in [1.82, 2.24) is 10.2 Å². The Hall–Kier alpha value is -1.46. The first-order valence-electron chi connectivity index (χ1n) is 7.43. The lowest BCUT2D eigenvalue weighted by Crippen LogP contribution is -2.44. The molecule has 3 N–H and O–H groups in total. The predicted octanol–water partition coefficient (Wildman–Crippen LogP) is 1.42. The molecule has 1 unspecified atom stereocenters. The second kappa shape index (κ2) is 7.00. The Labute approximate surface area is 125 Å². The van der Waals surface area contributed by atoms with Crippen molar-refractivity contribution in [3.63, 3.8) is 0 Å². The SMILES string of the molecule is Cc1ccc(CNC(=O)CN(C)C(CN)C2CC2)cc1F. The maximum absolute atomic E-state index is 13.4. The van der Waals surface area contributed by atoms with E-state index in [1.807, 2.05) is 18.0 Å². The van der Waals surface area contributed by atoms with Crippen LogP contribution in [0.1, 0.15) is 24.0 Å². The maximum Gasteiger partial charge on any atom is 0.234 e. The molecular formula is C16H24FN3O. The molecule has 1 aromatic rings. The number of likely N-dealkylation sites (N-methyl/N-ethyl adjacent to an activating group) is 1. The van der Waals surface area contributed by atoms with Crippen molar-refractivity contribution in [2.24, 2.45) is 11.7 Å². The first-order chi connectivity index (χ1) is 10.0. The molecule has 0 bridgehead atoms. The van der Waals surface area contributed by atoms with Crippen LogP contribution in [0, 0.1) is 18.7 Å². The topological polar surface area (TPSA) is 58.4 Å². The van der Waals surface area contributed by atoms with E-state index in [4.69, 9.17) is 5.73 Å². The number of nitrogens with one attached hydrogen (secondary N) is 1. The summed E-state index contributed by atoms with van der Waals surface area (Å²) in [4.78, 5) is 14.0. The minimum absolute atomic E-state index is 0.0578. The molecule has 21 heavy (non-hydrogen) atoms. The summed E-state index contributed by atoms with van der Waals surface area (Å²) in [6, 6.07) is 5.30. The third-order valence-corrected chi connectivity index (χ3v) is 4.09.